The van der Waals surface area contributed by atoms with Crippen molar-refractivity contribution in [2.24, 2.45) is 5.92 Å². The Bertz CT molecular complexity index is 637. The average Bonchev–Trinajstić information content (AvgIpc) is 2.66. The topological polar surface area (TPSA) is 42.7 Å². The molecule has 0 saturated carbocycles. The number of halogens is 2. The number of nitrogens with one attached hydrogen (secondary N) is 1. The van der Waals surface area contributed by atoms with Crippen LogP contribution in [-0.2, 0) is 6.54 Å². The van der Waals surface area contributed by atoms with Gasteiger partial charge in [-0.05, 0) is 32.4 Å². The molecule has 21 heavy (non-hydrogen) atoms. The number of hydrogen-bond donors (Lipinski definition) is 1. The van der Waals surface area contributed by atoms with Crippen LogP contribution in [0.2, 0.25) is 5.02 Å². The fourth-order valence-corrected chi connectivity index (χ4v) is 2.24. The van der Waals surface area contributed by atoms with Gasteiger partial charge in [-0.1, -0.05) is 25.4 Å². The van der Waals surface area contributed by atoms with Crippen LogP contribution in [0.5, 0.6) is 0 Å². The Morgan fingerprint density at radius 2 is 2.10 bits per heavy atom. The molecule has 2 aromatic rings. The van der Waals surface area contributed by atoms with Crippen molar-refractivity contribution in [2.45, 2.75) is 34.2 Å². The summed E-state index contributed by atoms with van der Waals surface area (Å²) < 4.78 is 15.2. The summed E-state index contributed by atoms with van der Waals surface area (Å²) in [7, 11) is 0. The summed E-state index contributed by atoms with van der Waals surface area (Å²) >= 11 is 6.18. The van der Waals surface area contributed by atoms with Gasteiger partial charge < -0.3 is 5.32 Å². The second-order valence-electron chi connectivity index (χ2n) is 5.56. The molecule has 0 atom stereocenters. The van der Waals surface area contributed by atoms with Crippen LogP contribution in [0.25, 0.3) is 5.82 Å². The van der Waals surface area contributed by atoms with Gasteiger partial charge in [-0.25, -0.2) is 14.1 Å². The molecule has 0 aliphatic rings. The first-order valence-electron chi connectivity index (χ1n) is 6.97. The minimum atomic E-state index is -0.354. The number of pyridine rings is 1. The molecule has 0 aliphatic carbocycles. The van der Waals surface area contributed by atoms with Gasteiger partial charge in [-0.3, -0.25) is 0 Å². The quantitative estimate of drug-likeness (QED) is 0.920. The first-order chi connectivity index (χ1) is 9.90. The lowest BCUT2D eigenvalue weighted by Crippen LogP contribution is -2.21. The van der Waals surface area contributed by atoms with Gasteiger partial charge in [0.05, 0.1) is 22.6 Å². The smallest absolute Gasteiger partial charge is 0.158 e. The van der Waals surface area contributed by atoms with E-state index in [9.17, 15) is 4.39 Å². The Morgan fingerprint density at radius 3 is 2.67 bits per heavy atom. The zero-order chi connectivity index (χ0) is 15.6. The summed E-state index contributed by atoms with van der Waals surface area (Å²) in [5.41, 5.74) is 2.30. The molecule has 0 radical (unpaired) electrons. The van der Waals surface area contributed by atoms with Gasteiger partial charge >= 0.3 is 0 Å². The normalized spacial score (nSPS) is 11.4. The minimum Gasteiger partial charge on any atom is -0.312 e. The zero-order valence-corrected chi connectivity index (χ0v) is 13.5. The molecule has 0 unspecified atom stereocenters. The van der Waals surface area contributed by atoms with Crippen LogP contribution in [0.3, 0.4) is 0 Å². The number of hydrogen-bond acceptors (Lipinski definition) is 3. The van der Waals surface area contributed by atoms with Crippen molar-refractivity contribution in [1.29, 1.82) is 0 Å². The highest BCUT2D eigenvalue weighted by Crippen LogP contribution is 2.23. The maximum Gasteiger partial charge on any atom is 0.158 e. The third-order valence-corrected chi connectivity index (χ3v) is 3.73. The van der Waals surface area contributed by atoms with Gasteiger partial charge in [0.2, 0.25) is 0 Å². The molecule has 1 N–H and O–H groups in total. The van der Waals surface area contributed by atoms with E-state index in [0.29, 0.717) is 23.3 Å². The van der Waals surface area contributed by atoms with E-state index in [1.807, 2.05) is 13.8 Å². The molecule has 0 saturated heterocycles. The van der Waals surface area contributed by atoms with Gasteiger partial charge in [0.25, 0.3) is 0 Å². The molecule has 6 heteroatoms. The van der Waals surface area contributed by atoms with Crippen molar-refractivity contribution in [2.75, 3.05) is 6.54 Å². The van der Waals surface area contributed by atoms with Crippen LogP contribution in [0.4, 0.5) is 4.39 Å². The second-order valence-corrected chi connectivity index (χ2v) is 5.94. The third-order valence-electron chi connectivity index (χ3n) is 3.18. The van der Waals surface area contributed by atoms with Crippen molar-refractivity contribution < 1.29 is 4.39 Å². The summed E-state index contributed by atoms with van der Waals surface area (Å²) in [5, 5.41) is 8.30. The first kappa shape index (κ1) is 15.9. The molecule has 2 rings (SSSR count). The highest BCUT2D eigenvalue weighted by Gasteiger charge is 2.15. The summed E-state index contributed by atoms with van der Waals surface area (Å²) in [6.07, 6.45) is 1.20. The standard InChI is InChI=1S/C15H20ClFN4/c1-9(2)6-18-7-12-5-13(17)8-19-15(12)21-11(4)14(16)10(3)20-21/h5,8-9,18H,6-7H2,1-4H3. The van der Waals surface area contributed by atoms with Gasteiger partial charge in [0, 0.05) is 12.1 Å². The van der Waals surface area contributed by atoms with Crippen molar-refractivity contribution in [1.82, 2.24) is 20.1 Å². The van der Waals surface area contributed by atoms with Crippen molar-refractivity contribution in [3.8, 4) is 5.82 Å². The van der Waals surface area contributed by atoms with Crippen LogP contribution in [0, 0.1) is 25.6 Å². The predicted octanol–water partition coefficient (Wildman–Crippen LogP) is 3.42. The summed E-state index contributed by atoms with van der Waals surface area (Å²) in [5.74, 6) is 0.783. The van der Waals surface area contributed by atoms with E-state index in [2.05, 4.69) is 29.2 Å². The molecular weight excluding hydrogens is 291 g/mol. The number of aromatic nitrogens is 3. The monoisotopic (exact) mass is 310 g/mol. The van der Waals surface area contributed by atoms with Gasteiger partial charge in [0.15, 0.2) is 5.82 Å². The first-order valence-corrected chi connectivity index (χ1v) is 7.35. The summed E-state index contributed by atoms with van der Waals surface area (Å²) in [6, 6.07) is 1.49. The van der Waals surface area contributed by atoms with Crippen molar-refractivity contribution in [3.63, 3.8) is 0 Å². The lowest BCUT2D eigenvalue weighted by molar-refractivity contribution is 0.546. The van der Waals surface area contributed by atoms with E-state index < -0.39 is 0 Å². The summed E-state index contributed by atoms with van der Waals surface area (Å²) in [4.78, 5) is 4.19. The molecule has 114 valence electrons. The summed E-state index contributed by atoms with van der Waals surface area (Å²) in [6.45, 7) is 9.35. The molecule has 0 amide bonds. The van der Waals surface area contributed by atoms with E-state index >= 15 is 0 Å². The Hall–Kier alpha value is -1.46. The SMILES string of the molecule is Cc1nn(-c2ncc(F)cc2CNCC(C)C)c(C)c1Cl. The third kappa shape index (κ3) is 3.60. The molecule has 0 aliphatic heterocycles. The fraction of sp³-hybridized carbons (Fsp3) is 0.467. The maximum absolute atomic E-state index is 13.5. The number of aryl methyl sites for hydroxylation is 1. The minimum absolute atomic E-state index is 0.354. The predicted molar refractivity (Wildman–Crippen MR) is 82.3 cm³/mol. The Morgan fingerprint density at radius 1 is 1.38 bits per heavy atom. The number of nitrogens with zero attached hydrogens (tertiary/aromatic N) is 3. The van der Waals surface area contributed by atoms with Gasteiger partial charge in [-0.15, -0.1) is 0 Å². The molecule has 0 aromatic carbocycles. The molecule has 2 heterocycles. The fourth-order valence-electron chi connectivity index (χ4n) is 2.12. The molecular formula is C15H20ClFN4. The molecule has 4 nitrogen and oxygen atoms in total. The van der Waals surface area contributed by atoms with Gasteiger partial charge in [0.1, 0.15) is 5.82 Å². The lowest BCUT2D eigenvalue weighted by Gasteiger charge is -2.12. The van der Waals surface area contributed by atoms with Crippen LogP contribution in [0.1, 0.15) is 30.8 Å². The lowest BCUT2D eigenvalue weighted by atomic mass is 10.2. The Labute approximate surface area is 129 Å². The van der Waals surface area contributed by atoms with E-state index in [4.69, 9.17) is 11.6 Å². The number of rotatable bonds is 5. The van der Waals surface area contributed by atoms with Crippen LogP contribution in [-0.4, -0.2) is 21.3 Å². The van der Waals surface area contributed by atoms with Gasteiger partial charge in [-0.2, -0.15) is 5.10 Å². The van der Waals surface area contributed by atoms with Crippen molar-refractivity contribution in [3.05, 3.63) is 40.1 Å². The zero-order valence-electron chi connectivity index (χ0n) is 12.7. The molecule has 2 aromatic heterocycles. The molecule has 0 bridgehead atoms. The van der Waals surface area contributed by atoms with Crippen LogP contribution >= 0.6 is 11.6 Å². The Balaban J connectivity index is 2.36. The van der Waals surface area contributed by atoms with E-state index in [1.54, 1.807) is 4.68 Å². The van der Waals surface area contributed by atoms with Crippen LogP contribution < -0.4 is 5.32 Å². The maximum atomic E-state index is 13.5. The van der Waals surface area contributed by atoms with E-state index in [1.165, 1.54) is 12.3 Å². The Kier molecular flexibility index (Phi) is 4.96. The largest absolute Gasteiger partial charge is 0.312 e. The molecule has 0 spiro atoms. The second kappa shape index (κ2) is 6.54. The molecule has 0 fully saturated rings. The average molecular weight is 311 g/mol. The van der Waals surface area contributed by atoms with Crippen LogP contribution in [0.15, 0.2) is 12.3 Å². The van der Waals surface area contributed by atoms with E-state index in [0.717, 1.165) is 23.5 Å². The highest BCUT2D eigenvalue weighted by molar-refractivity contribution is 6.31. The highest BCUT2D eigenvalue weighted by atomic mass is 35.5. The van der Waals surface area contributed by atoms with Crippen molar-refractivity contribution >= 4 is 11.6 Å². The van der Waals surface area contributed by atoms with E-state index in [-0.39, 0.29) is 5.82 Å².